The van der Waals surface area contributed by atoms with Crippen molar-refractivity contribution in [1.29, 1.82) is 0 Å². The first-order chi connectivity index (χ1) is 9.60. The fraction of sp³-hybridized carbons (Fsp3) is 0.312. The Balaban J connectivity index is 2.00. The van der Waals surface area contributed by atoms with Crippen molar-refractivity contribution in [3.63, 3.8) is 0 Å². The fourth-order valence-electron chi connectivity index (χ4n) is 2.30. The van der Waals surface area contributed by atoms with E-state index in [1.165, 1.54) is 5.56 Å². The lowest BCUT2D eigenvalue weighted by atomic mass is 10.1. The van der Waals surface area contributed by atoms with Gasteiger partial charge in [-0.25, -0.2) is 0 Å². The summed E-state index contributed by atoms with van der Waals surface area (Å²) in [6.07, 6.45) is 2.60. The molecule has 0 spiro atoms. The van der Waals surface area contributed by atoms with Crippen molar-refractivity contribution < 1.29 is 4.79 Å². The first-order valence-corrected chi connectivity index (χ1v) is 6.90. The number of aryl methyl sites for hydroxylation is 1. The molecule has 1 unspecified atom stereocenters. The quantitative estimate of drug-likeness (QED) is 0.877. The number of nitrogens with one attached hydrogen (secondary N) is 1. The van der Waals surface area contributed by atoms with E-state index in [1.54, 1.807) is 12.3 Å². The third-order valence-corrected chi connectivity index (χ3v) is 3.25. The lowest BCUT2D eigenvalue weighted by molar-refractivity contribution is 0.0931. The number of anilines is 1. The summed E-state index contributed by atoms with van der Waals surface area (Å²) in [6, 6.07) is 11.9. The van der Waals surface area contributed by atoms with E-state index in [2.05, 4.69) is 17.4 Å². The standard InChI is InChI=1S/C16H21N3O/c1-3-19-11-14(17)10-15(19)16(20)18-12(2)9-13-7-5-4-6-8-13/h4-8,10-12H,3,9,17H2,1-2H3,(H,18,20). The summed E-state index contributed by atoms with van der Waals surface area (Å²) in [5.41, 5.74) is 8.19. The zero-order valence-electron chi connectivity index (χ0n) is 12.0. The highest BCUT2D eigenvalue weighted by Gasteiger charge is 2.14. The maximum absolute atomic E-state index is 12.3. The monoisotopic (exact) mass is 271 g/mol. The van der Waals surface area contributed by atoms with Crippen LogP contribution in [0.1, 0.15) is 29.9 Å². The Hall–Kier alpha value is -2.23. The first kappa shape index (κ1) is 14.2. The number of hydrogen-bond acceptors (Lipinski definition) is 2. The number of nitrogen functional groups attached to an aromatic ring is 1. The number of carbonyl (C=O) groups excluding carboxylic acids is 1. The van der Waals surface area contributed by atoms with Gasteiger partial charge >= 0.3 is 0 Å². The average Bonchev–Trinajstić information content (AvgIpc) is 2.81. The number of amides is 1. The molecule has 0 saturated heterocycles. The lowest BCUT2D eigenvalue weighted by Crippen LogP contribution is -2.35. The molecular formula is C16H21N3O. The second-order valence-electron chi connectivity index (χ2n) is 5.01. The van der Waals surface area contributed by atoms with E-state index in [1.807, 2.05) is 36.6 Å². The Morgan fingerprint density at radius 3 is 2.70 bits per heavy atom. The molecule has 0 radical (unpaired) electrons. The highest BCUT2D eigenvalue weighted by atomic mass is 16.2. The van der Waals surface area contributed by atoms with Crippen LogP contribution >= 0.6 is 0 Å². The molecule has 1 aromatic heterocycles. The van der Waals surface area contributed by atoms with Crippen LogP contribution in [0.3, 0.4) is 0 Å². The normalized spacial score (nSPS) is 12.1. The summed E-state index contributed by atoms with van der Waals surface area (Å²) in [5, 5.41) is 3.02. The highest BCUT2D eigenvalue weighted by Crippen LogP contribution is 2.11. The molecule has 4 heteroatoms. The zero-order chi connectivity index (χ0) is 14.5. The highest BCUT2D eigenvalue weighted by molar-refractivity contribution is 5.94. The molecule has 0 aliphatic heterocycles. The summed E-state index contributed by atoms with van der Waals surface area (Å²) in [4.78, 5) is 12.3. The molecule has 1 aromatic carbocycles. The van der Waals surface area contributed by atoms with Crippen LogP contribution < -0.4 is 11.1 Å². The zero-order valence-corrected chi connectivity index (χ0v) is 12.0. The molecule has 0 aliphatic carbocycles. The molecule has 106 valence electrons. The second kappa shape index (κ2) is 6.28. The van der Waals surface area contributed by atoms with Crippen LogP contribution in [-0.2, 0) is 13.0 Å². The van der Waals surface area contributed by atoms with Gasteiger partial charge in [0.15, 0.2) is 0 Å². The Morgan fingerprint density at radius 1 is 1.35 bits per heavy atom. The minimum atomic E-state index is -0.0769. The molecule has 0 aliphatic rings. The summed E-state index contributed by atoms with van der Waals surface area (Å²) >= 11 is 0. The van der Waals surface area contributed by atoms with E-state index in [-0.39, 0.29) is 11.9 Å². The SMILES string of the molecule is CCn1cc(N)cc1C(=O)NC(C)Cc1ccccc1. The van der Waals surface area contributed by atoms with E-state index >= 15 is 0 Å². The van der Waals surface area contributed by atoms with Gasteiger partial charge in [-0.15, -0.1) is 0 Å². The van der Waals surface area contributed by atoms with Gasteiger partial charge in [-0.1, -0.05) is 30.3 Å². The number of aromatic nitrogens is 1. The molecule has 0 saturated carbocycles. The molecule has 1 amide bonds. The average molecular weight is 271 g/mol. The minimum absolute atomic E-state index is 0.0753. The van der Waals surface area contributed by atoms with Crippen molar-refractivity contribution in [3.05, 3.63) is 53.9 Å². The number of nitrogens with zero attached hydrogens (tertiary/aromatic N) is 1. The van der Waals surface area contributed by atoms with Gasteiger partial charge in [-0.3, -0.25) is 4.79 Å². The van der Waals surface area contributed by atoms with Crippen molar-refractivity contribution in [2.45, 2.75) is 32.9 Å². The molecular weight excluding hydrogens is 250 g/mol. The molecule has 4 nitrogen and oxygen atoms in total. The molecule has 1 heterocycles. The van der Waals surface area contributed by atoms with E-state index in [4.69, 9.17) is 5.73 Å². The second-order valence-corrected chi connectivity index (χ2v) is 5.01. The molecule has 2 aromatic rings. The number of carbonyl (C=O) groups is 1. The summed E-state index contributed by atoms with van der Waals surface area (Å²) in [6.45, 7) is 4.73. The maximum Gasteiger partial charge on any atom is 0.268 e. The Kier molecular flexibility index (Phi) is 4.45. The van der Waals surface area contributed by atoms with E-state index in [0.717, 1.165) is 13.0 Å². The molecule has 20 heavy (non-hydrogen) atoms. The van der Waals surface area contributed by atoms with Gasteiger partial charge in [0.05, 0.1) is 5.69 Å². The van der Waals surface area contributed by atoms with Gasteiger partial charge in [-0.2, -0.15) is 0 Å². The van der Waals surface area contributed by atoms with E-state index in [0.29, 0.717) is 11.4 Å². The van der Waals surface area contributed by atoms with Crippen LogP contribution in [0.25, 0.3) is 0 Å². The number of rotatable bonds is 5. The molecule has 0 bridgehead atoms. The lowest BCUT2D eigenvalue weighted by Gasteiger charge is -2.14. The number of nitrogens with two attached hydrogens (primary N) is 1. The number of benzene rings is 1. The van der Waals surface area contributed by atoms with Crippen molar-refractivity contribution >= 4 is 11.6 Å². The maximum atomic E-state index is 12.3. The predicted molar refractivity (Wildman–Crippen MR) is 81.6 cm³/mol. The fourth-order valence-corrected chi connectivity index (χ4v) is 2.30. The third-order valence-electron chi connectivity index (χ3n) is 3.25. The van der Waals surface area contributed by atoms with Crippen molar-refractivity contribution in [2.75, 3.05) is 5.73 Å². The predicted octanol–water partition coefficient (Wildman–Crippen LogP) is 2.45. The van der Waals surface area contributed by atoms with Crippen LogP contribution in [0, 0.1) is 0 Å². The number of hydrogen-bond donors (Lipinski definition) is 2. The van der Waals surface area contributed by atoms with Gasteiger partial charge in [0.1, 0.15) is 5.69 Å². The molecule has 3 N–H and O–H groups in total. The van der Waals surface area contributed by atoms with Crippen LogP contribution in [-0.4, -0.2) is 16.5 Å². The van der Waals surface area contributed by atoms with Crippen LogP contribution in [0.5, 0.6) is 0 Å². The van der Waals surface area contributed by atoms with E-state index in [9.17, 15) is 4.79 Å². The minimum Gasteiger partial charge on any atom is -0.397 e. The van der Waals surface area contributed by atoms with Crippen LogP contribution in [0.15, 0.2) is 42.6 Å². The van der Waals surface area contributed by atoms with Gasteiger partial charge < -0.3 is 15.6 Å². The van der Waals surface area contributed by atoms with Crippen LogP contribution in [0.2, 0.25) is 0 Å². The Morgan fingerprint density at radius 2 is 2.05 bits per heavy atom. The molecule has 0 fully saturated rings. The smallest absolute Gasteiger partial charge is 0.268 e. The summed E-state index contributed by atoms with van der Waals surface area (Å²) in [7, 11) is 0. The Labute approximate surface area is 119 Å². The van der Waals surface area contributed by atoms with Gasteiger partial charge in [0.25, 0.3) is 5.91 Å². The van der Waals surface area contributed by atoms with Crippen molar-refractivity contribution in [2.24, 2.45) is 0 Å². The topological polar surface area (TPSA) is 60.0 Å². The molecule has 1 atom stereocenters. The van der Waals surface area contributed by atoms with Crippen molar-refractivity contribution in [3.8, 4) is 0 Å². The van der Waals surface area contributed by atoms with Crippen molar-refractivity contribution in [1.82, 2.24) is 9.88 Å². The van der Waals surface area contributed by atoms with Crippen LogP contribution in [0.4, 0.5) is 5.69 Å². The summed E-state index contributed by atoms with van der Waals surface area (Å²) in [5.74, 6) is -0.0769. The van der Waals surface area contributed by atoms with E-state index < -0.39 is 0 Å². The Bertz CT molecular complexity index is 575. The largest absolute Gasteiger partial charge is 0.397 e. The van der Waals surface area contributed by atoms with Gasteiger partial charge in [0, 0.05) is 18.8 Å². The first-order valence-electron chi connectivity index (χ1n) is 6.90. The third kappa shape index (κ3) is 3.41. The molecule has 2 rings (SSSR count). The van der Waals surface area contributed by atoms with Gasteiger partial charge in [0.2, 0.25) is 0 Å². The summed E-state index contributed by atoms with van der Waals surface area (Å²) < 4.78 is 1.86. The van der Waals surface area contributed by atoms with Gasteiger partial charge in [-0.05, 0) is 31.9 Å².